The van der Waals surface area contributed by atoms with E-state index in [9.17, 15) is 9.18 Å². The van der Waals surface area contributed by atoms with Crippen LogP contribution in [0.25, 0.3) is 10.9 Å². The highest BCUT2D eigenvalue weighted by Gasteiger charge is 2.20. The molecule has 1 aromatic carbocycles. The Hall–Kier alpha value is -2.18. The number of thiophene rings is 1. The molecule has 0 N–H and O–H groups in total. The van der Waals surface area contributed by atoms with Gasteiger partial charge in [0.2, 0.25) is 0 Å². The van der Waals surface area contributed by atoms with E-state index in [1.165, 1.54) is 12.1 Å². The molecule has 0 aliphatic carbocycles. The number of fused-ring (bicyclic) bond motifs is 1. The van der Waals surface area contributed by atoms with E-state index in [0.717, 1.165) is 16.5 Å². The van der Waals surface area contributed by atoms with Crippen LogP contribution in [0, 0.1) is 5.82 Å². The summed E-state index contributed by atoms with van der Waals surface area (Å²) in [5.41, 5.74) is 2.47. The minimum absolute atomic E-state index is 0.0858. The first-order valence-corrected chi connectivity index (χ1v) is 8.58. The lowest BCUT2D eigenvalue weighted by Crippen LogP contribution is -2.34. The van der Waals surface area contributed by atoms with Gasteiger partial charge in [0, 0.05) is 38.1 Å². The third-order valence-electron chi connectivity index (χ3n) is 4.03. The summed E-state index contributed by atoms with van der Waals surface area (Å²) in [5.74, 6) is -0.390. The zero-order valence-electron chi connectivity index (χ0n) is 13.7. The van der Waals surface area contributed by atoms with Crippen molar-refractivity contribution in [2.45, 2.75) is 6.54 Å². The minimum atomic E-state index is -0.304. The summed E-state index contributed by atoms with van der Waals surface area (Å²) >= 11 is 1.61. The Morgan fingerprint density at radius 1 is 1.33 bits per heavy atom. The van der Waals surface area contributed by atoms with Crippen molar-refractivity contribution >= 4 is 28.1 Å². The summed E-state index contributed by atoms with van der Waals surface area (Å²) in [6.07, 6.45) is 0. The van der Waals surface area contributed by atoms with Gasteiger partial charge < -0.3 is 14.2 Å². The minimum Gasteiger partial charge on any atom is -0.383 e. The SMILES string of the molecule is COCCN(Cc1ccsc1)C(=O)c1cc2cc(F)ccc2n1C. The lowest BCUT2D eigenvalue weighted by atomic mass is 10.2. The molecule has 0 aliphatic heterocycles. The molecule has 0 saturated heterocycles. The van der Waals surface area contributed by atoms with Crippen LogP contribution in [0.5, 0.6) is 0 Å². The molecule has 0 radical (unpaired) electrons. The number of benzene rings is 1. The Bertz CT molecular complexity index is 842. The first-order valence-electron chi connectivity index (χ1n) is 7.64. The molecule has 0 atom stereocenters. The van der Waals surface area contributed by atoms with Crippen LogP contribution in [0.15, 0.2) is 41.1 Å². The molecule has 0 aliphatic rings. The average Bonchev–Trinajstić information content (AvgIpc) is 3.18. The quantitative estimate of drug-likeness (QED) is 0.682. The molecular weight excluding hydrogens is 327 g/mol. The molecule has 24 heavy (non-hydrogen) atoms. The van der Waals surface area contributed by atoms with Crippen LogP contribution in [-0.4, -0.2) is 35.6 Å². The van der Waals surface area contributed by atoms with Crippen molar-refractivity contribution in [1.29, 1.82) is 0 Å². The van der Waals surface area contributed by atoms with Crippen molar-refractivity contribution in [3.05, 3.63) is 58.2 Å². The fraction of sp³-hybridized carbons (Fsp3) is 0.278. The number of ether oxygens (including phenoxy) is 1. The standard InChI is InChI=1S/C18H19FN2O2S/c1-20-16-4-3-15(19)9-14(16)10-17(20)18(22)21(6-7-23-2)11-13-5-8-24-12-13/h3-5,8-10,12H,6-7,11H2,1-2H3. The molecule has 0 fully saturated rings. The van der Waals surface area contributed by atoms with E-state index < -0.39 is 0 Å². The van der Waals surface area contributed by atoms with Crippen molar-refractivity contribution < 1.29 is 13.9 Å². The predicted molar refractivity (Wildman–Crippen MR) is 93.8 cm³/mol. The zero-order chi connectivity index (χ0) is 17.1. The summed E-state index contributed by atoms with van der Waals surface area (Å²) < 4.78 is 20.4. The second-order valence-corrected chi connectivity index (χ2v) is 6.42. The van der Waals surface area contributed by atoms with Gasteiger partial charge in [-0.05, 0) is 46.7 Å². The molecule has 6 heteroatoms. The maximum Gasteiger partial charge on any atom is 0.270 e. The van der Waals surface area contributed by atoms with E-state index in [2.05, 4.69) is 0 Å². The van der Waals surface area contributed by atoms with Crippen molar-refractivity contribution in [3.8, 4) is 0 Å². The van der Waals surface area contributed by atoms with E-state index in [-0.39, 0.29) is 11.7 Å². The lowest BCUT2D eigenvalue weighted by Gasteiger charge is -2.22. The molecular formula is C18H19FN2O2S. The first kappa shape index (κ1) is 16.7. The van der Waals surface area contributed by atoms with Crippen molar-refractivity contribution in [1.82, 2.24) is 9.47 Å². The van der Waals surface area contributed by atoms with Crippen LogP contribution in [0.2, 0.25) is 0 Å². The highest BCUT2D eigenvalue weighted by Crippen LogP contribution is 2.22. The Morgan fingerprint density at radius 3 is 2.88 bits per heavy atom. The highest BCUT2D eigenvalue weighted by molar-refractivity contribution is 7.07. The van der Waals surface area contributed by atoms with Crippen LogP contribution in [0.3, 0.4) is 0 Å². The predicted octanol–water partition coefficient (Wildman–Crippen LogP) is 3.67. The molecule has 4 nitrogen and oxygen atoms in total. The Morgan fingerprint density at radius 2 is 2.17 bits per heavy atom. The van der Waals surface area contributed by atoms with Gasteiger partial charge in [0.1, 0.15) is 11.5 Å². The van der Waals surface area contributed by atoms with Crippen molar-refractivity contribution in [2.24, 2.45) is 7.05 Å². The van der Waals surface area contributed by atoms with E-state index in [0.29, 0.717) is 25.4 Å². The third-order valence-corrected chi connectivity index (χ3v) is 4.76. The Balaban J connectivity index is 1.92. The molecule has 0 spiro atoms. The van der Waals surface area contributed by atoms with Gasteiger partial charge >= 0.3 is 0 Å². The van der Waals surface area contributed by atoms with Crippen LogP contribution in [0.4, 0.5) is 4.39 Å². The van der Waals surface area contributed by atoms with Gasteiger partial charge in [0.05, 0.1) is 6.61 Å². The van der Waals surface area contributed by atoms with Crippen LogP contribution < -0.4 is 0 Å². The number of methoxy groups -OCH3 is 1. The topological polar surface area (TPSA) is 34.5 Å². The first-order chi connectivity index (χ1) is 11.6. The number of halogens is 1. The molecule has 0 saturated carbocycles. The molecule has 1 amide bonds. The fourth-order valence-corrected chi connectivity index (χ4v) is 3.40. The summed E-state index contributed by atoms with van der Waals surface area (Å²) in [6, 6.07) is 8.30. The number of rotatable bonds is 6. The van der Waals surface area contributed by atoms with Crippen molar-refractivity contribution in [3.63, 3.8) is 0 Å². The normalized spacial score (nSPS) is 11.1. The largest absolute Gasteiger partial charge is 0.383 e. The monoisotopic (exact) mass is 346 g/mol. The second kappa shape index (κ2) is 7.15. The van der Waals surface area contributed by atoms with E-state index in [4.69, 9.17) is 4.74 Å². The Kier molecular flexibility index (Phi) is 4.97. The summed E-state index contributed by atoms with van der Waals surface area (Å²) in [4.78, 5) is 14.8. The second-order valence-electron chi connectivity index (χ2n) is 5.64. The molecule has 2 aromatic heterocycles. The van der Waals surface area contributed by atoms with Crippen LogP contribution in [-0.2, 0) is 18.3 Å². The fourth-order valence-electron chi connectivity index (χ4n) is 2.74. The number of amides is 1. The lowest BCUT2D eigenvalue weighted by molar-refractivity contribution is 0.0671. The van der Waals surface area contributed by atoms with E-state index >= 15 is 0 Å². The number of nitrogens with zero attached hydrogens (tertiary/aromatic N) is 2. The van der Waals surface area contributed by atoms with Gasteiger partial charge in [-0.1, -0.05) is 0 Å². The number of carbonyl (C=O) groups excluding carboxylic acids is 1. The smallest absolute Gasteiger partial charge is 0.270 e. The number of aryl methyl sites for hydroxylation is 1. The number of aromatic nitrogens is 1. The Labute approximate surface area is 144 Å². The third kappa shape index (κ3) is 3.34. The summed E-state index contributed by atoms with van der Waals surface area (Å²) in [7, 11) is 3.44. The highest BCUT2D eigenvalue weighted by atomic mass is 32.1. The van der Waals surface area contributed by atoms with E-state index in [1.54, 1.807) is 35.5 Å². The van der Waals surface area contributed by atoms with Gasteiger partial charge in [-0.15, -0.1) is 0 Å². The molecule has 3 rings (SSSR count). The number of carbonyl (C=O) groups is 1. The van der Waals surface area contributed by atoms with Gasteiger partial charge in [-0.3, -0.25) is 4.79 Å². The molecule has 2 heterocycles. The number of hydrogen-bond acceptors (Lipinski definition) is 3. The van der Waals surface area contributed by atoms with Gasteiger partial charge in [0.25, 0.3) is 5.91 Å². The van der Waals surface area contributed by atoms with Gasteiger partial charge in [0.15, 0.2) is 0 Å². The zero-order valence-corrected chi connectivity index (χ0v) is 14.5. The van der Waals surface area contributed by atoms with Crippen LogP contribution >= 0.6 is 11.3 Å². The molecule has 0 unspecified atom stereocenters. The van der Waals surface area contributed by atoms with E-state index in [1.807, 2.05) is 28.4 Å². The van der Waals surface area contributed by atoms with Crippen LogP contribution in [0.1, 0.15) is 16.1 Å². The maximum atomic E-state index is 13.4. The molecule has 0 bridgehead atoms. The average molecular weight is 346 g/mol. The molecule has 126 valence electrons. The van der Waals surface area contributed by atoms with Gasteiger partial charge in [-0.25, -0.2) is 4.39 Å². The molecule has 3 aromatic rings. The summed E-state index contributed by atoms with van der Waals surface area (Å²) in [6.45, 7) is 1.50. The maximum absolute atomic E-state index is 13.4. The number of hydrogen-bond donors (Lipinski definition) is 0. The van der Waals surface area contributed by atoms with Crippen molar-refractivity contribution in [2.75, 3.05) is 20.3 Å². The summed E-state index contributed by atoms with van der Waals surface area (Å²) in [5, 5.41) is 4.75. The van der Waals surface area contributed by atoms with Gasteiger partial charge in [-0.2, -0.15) is 11.3 Å².